The molecule has 2 aliphatic rings. The average molecular weight is 1110 g/mol. The number of pyridine rings is 1. The van der Waals surface area contributed by atoms with Gasteiger partial charge in [-0.15, -0.1) is 0 Å². The normalized spacial score (nSPS) is 13.7. The van der Waals surface area contributed by atoms with E-state index in [9.17, 15) is 0 Å². The largest absolute Gasteiger partial charge is 0.455 e. The molecule has 10 aromatic carbocycles. The summed E-state index contributed by atoms with van der Waals surface area (Å²) in [7, 11) is 0. The van der Waals surface area contributed by atoms with Crippen molar-refractivity contribution < 1.29 is 8.83 Å². The van der Waals surface area contributed by atoms with Crippen LogP contribution in [0.4, 0.5) is 34.1 Å². The van der Waals surface area contributed by atoms with Gasteiger partial charge in [-0.05, 0) is 151 Å². The molecule has 0 saturated carbocycles. The van der Waals surface area contributed by atoms with Gasteiger partial charge >= 0.3 is 0 Å². The van der Waals surface area contributed by atoms with E-state index in [0.29, 0.717) is 0 Å². The predicted octanol–water partition coefficient (Wildman–Crippen LogP) is 22.5. The van der Waals surface area contributed by atoms with Crippen LogP contribution in [-0.2, 0) is 27.1 Å². The Morgan fingerprint density at radius 2 is 0.741 bits per heavy atom. The standard InChI is InChI=1S/C80H71N3O2/c1-76(2,3)49-28-36-53(37-29-49)82(54-38-30-50(31-39-54)77(4,5)6)64-46-62-71(74-69(64)58-22-14-17-25-66(58)84-74)72-63(80(62)60-24-16-13-21-57(60)68-61(80)44-27-48-20-19-45-81-73(48)68)47-65(70-59-23-15-18-26-67(59)85-75(70)72)83(55-40-32-51(33-41-55)78(7,8)9)56-42-34-52(35-43-56)79(10,11)12/h13-47H,1-12H3. The summed E-state index contributed by atoms with van der Waals surface area (Å²) in [6.45, 7) is 27.4. The molecule has 0 N–H and O–H groups in total. The molecular formula is C80H71N3O2. The minimum absolute atomic E-state index is 0.0397. The molecule has 1 spiro atoms. The summed E-state index contributed by atoms with van der Waals surface area (Å²) in [5, 5.41) is 5.27. The van der Waals surface area contributed by atoms with Crippen molar-refractivity contribution in [3.8, 4) is 22.3 Å². The summed E-state index contributed by atoms with van der Waals surface area (Å²) >= 11 is 0. The number of hydrogen-bond donors (Lipinski definition) is 0. The van der Waals surface area contributed by atoms with Crippen LogP contribution in [0.2, 0.25) is 0 Å². The number of rotatable bonds is 6. The Morgan fingerprint density at radius 1 is 0.353 bits per heavy atom. The van der Waals surface area contributed by atoms with Gasteiger partial charge in [-0.2, -0.15) is 0 Å². The zero-order chi connectivity index (χ0) is 58.7. The number of hydrogen-bond acceptors (Lipinski definition) is 5. The van der Waals surface area contributed by atoms with Crippen LogP contribution in [0.5, 0.6) is 0 Å². The molecule has 0 aliphatic heterocycles. The fraction of sp³-hybridized carbons (Fsp3) is 0.212. The van der Waals surface area contributed by atoms with Crippen molar-refractivity contribution >= 4 is 88.9 Å². The highest BCUT2D eigenvalue weighted by molar-refractivity contribution is 6.25. The summed E-state index contributed by atoms with van der Waals surface area (Å²) < 4.78 is 15.2. The Kier molecular flexibility index (Phi) is 11.4. The smallest absolute Gasteiger partial charge is 0.145 e. The molecule has 0 radical (unpaired) electrons. The first-order chi connectivity index (χ1) is 40.7. The minimum atomic E-state index is -0.915. The van der Waals surface area contributed by atoms with Crippen LogP contribution in [-0.4, -0.2) is 4.98 Å². The van der Waals surface area contributed by atoms with Gasteiger partial charge in [-0.25, -0.2) is 0 Å². The van der Waals surface area contributed by atoms with Gasteiger partial charge in [0.15, 0.2) is 0 Å². The third-order valence-electron chi connectivity index (χ3n) is 18.5. The number of benzene rings is 10. The maximum atomic E-state index is 7.62. The van der Waals surface area contributed by atoms with Gasteiger partial charge in [-0.3, -0.25) is 4.98 Å². The van der Waals surface area contributed by atoms with E-state index in [-0.39, 0.29) is 21.7 Å². The molecule has 3 heterocycles. The number of anilines is 6. The second-order valence-electron chi connectivity index (χ2n) is 28.0. The lowest BCUT2D eigenvalue weighted by atomic mass is 9.70. The molecule has 85 heavy (non-hydrogen) atoms. The maximum Gasteiger partial charge on any atom is 0.145 e. The third kappa shape index (κ3) is 7.92. The Labute approximate surface area is 499 Å². The van der Waals surface area contributed by atoms with Crippen LogP contribution >= 0.6 is 0 Å². The van der Waals surface area contributed by atoms with E-state index in [1.807, 2.05) is 12.3 Å². The molecule has 0 amide bonds. The van der Waals surface area contributed by atoms with E-state index in [1.54, 1.807) is 0 Å². The summed E-state index contributed by atoms with van der Waals surface area (Å²) in [6.07, 6.45) is 1.94. The van der Waals surface area contributed by atoms with E-state index >= 15 is 0 Å². The highest BCUT2D eigenvalue weighted by Gasteiger charge is 2.55. The first-order valence-corrected chi connectivity index (χ1v) is 30.2. The number of fused-ring (bicyclic) bond motifs is 20. The lowest BCUT2D eigenvalue weighted by molar-refractivity contribution is 0.590. The average Bonchev–Trinajstić information content (AvgIpc) is 1.59. The highest BCUT2D eigenvalue weighted by Crippen LogP contribution is 2.68. The zero-order valence-electron chi connectivity index (χ0n) is 50.9. The fourth-order valence-corrected chi connectivity index (χ4v) is 14.1. The Balaban J connectivity index is 1.14. The van der Waals surface area contributed by atoms with Crippen molar-refractivity contribution in [2.45, 2.75) is 110 Å². The molecule has 418 valence electrons. The van der Waals surface area contributed by atoms with Crippen molar-refractivity contribution in [1.82, 2.24) is 4.98 Å². The molecular weight excluding hydrogens is 1030 g/mol. The quantitative estimate of drug-likeness (QED) is 0.166. The number of para-hydroxylation sites is 2. The molecule has 0 fully saturated rings. The molecule has 0 atom stereocenters. The van der Waals surface area contributed by atoms with E-state index in [0.717, 1.165) is 122 Å². The van der Waals surface area contributed by atoms with Gasteiger partial charge in [0.25, 0.3) is 0 Å². The first kappa shape index (κ1) is 52.6. The number of nitrogens with zero attached hydrogens (tertiary/aromatic N) is 3. The fourth-order valence-electron chi connectivity index (χ4n) is 14.1. The van der Waals surface area contributed by atoms with Crippen LogP contribution in [0.25, 0.3) is 77.0 Å². The second-order valence-corrected chi connectivity index (χ2v) is 28.0. The molecule has 3 aromatic heterocycles. The van der Waals surface area contributed by atoms with Crippen molar-refractivity contribution in [2.75, 3.05) is 9.80 Å². The lowest BCUT2D eigenvalue weighted by Gasteiger charge is -2.34. The Bertz CT molecular complexity index is 4480. The second kappa shape index (κ2) is 18.4. The van der Waals surface area contributed by atoms with Crippen molar-refractivity contribution in [3.05, 3.63) is 257 Å². The highest BCUT2D eigenvalue weighted by atomic mass is 16.3. The molecule has 0 bridgehead atoms. The molecule has 2 aliphatic carbocycles. The topological polar surface area (TPSA) is 45.7 Å². The molecule has 15 rings (SSSR count). The Morgan fingerprint density at radius 3 is 1.15 bits per heavy atom. The van der Waals surface area contributed by atoms with Gasteiger partial charge in [0.2, 0.25) is 0 Å². The number of aromatic nitrogens is 1. The van der Waals surface area contributed by atoms with E-state index in [1.165, 1.54) is 33.4 Å². The number of furan rings is 2. The van der Waals surface area contributed by atoms with Crippen LogP contribution in [0.15, 0.2) is 221 Å². The van der Waals surface area contributed by atoms with Crippen LogP contribution in [0.1, 0.15) is 128 Å². The molecule has 0 unspecified atom stereocenters. The van der Waals surface area contributed by atoms with Gasteiger partial charge in [-0.1, -0.05) is 210 Å². The monoisotopic (exact) mass is 1110 g/mol. The summed E-state index contributed by atoms with van der Waals surface area (Å²) in [5.74, 6) is 0. The first-order valence-electron chi connectivity index (χ1n) is 30.2. The summed E-state index contributed by atoms with van der Waals surface area (Å²) in [6, 6.07) is 77.2. The van der Waals surface area contributed by atoms with E-state index in [4.69, 9.17) is 13.8 Å². The van der Waals surface area contributed by atoms with Crippen LogP contribution in [0, 0.1) is 0 Å². The molecule has 5 heteroatoms. The SMILES string of the molecule is CC(C)(C)c1ccc(N(c2ccc(C(C)(C)C)cc2)c2cc3c(c4oc5ccccc5c24)-c2c(cc(N(c4ccc(C(C)(C)C)cc4)c4ccc(C(C)(C)C)cc4)c4c2oc2ccccc24)C32c3ccccc3-c3c2ccc2cccnc32)cc1. The van der Waals surface area contributed by atoms with Crippen molar-refractivity contribution in [2.24, 2.45) is 0 Å². The Hall–Kier alpha value is -9.19. The molecule has 5 nitrogen and oxygen atoms in total. The van der Waals surface area contributed by atoms with Gasteiger partial charge in [0.1, 0.15) is 22.3 Å². The summed E-state index contributed by atoms with van der Waals surface area (Å²) in [4.78, 5) is 10.2. The minimum Gasteiger partial charge on any atom is -0.455 e. The van der Waals surface area contributed by atoms with E-state index < -0.39 is 5.41 Å². The zero-order valence-corrected chi connectivity index (χ0v) is 50.9. The third-order valence-corrected chi connectivity index (χ3v) is 18.5. The van der Waals surface area contributed by atoms with Gasteiger partial charge < -0.3 is 18.6 Å². The van der Waals surface area contributed by atoms with Gasteiger partial charge in [0.05, 0.1) is 33.1 Å². The van der Waals surface area contributed by atoms with E-state index in [2.05, 4.69) is 293 Å². The van der Waals surface area contributed by atoms with Crippen LogP contribution < -0.4 is 9.80 Å². The molecule has 13 aromatic rings. The lowest BCUT2D eigenvalue weighted by Crippen LogP contribution is -2.27. The summed E-state index contributed by atoms with van der Waals surface area (Å²) in [5.41, 5.74) is 23.6. The van der Waals surface area contributed by atoms with Crippen molar-refractivity contribution in [1.29, 1.82) is 0 Å². The molecule has 0 saturated heterocycles. The van der Waals surface area contributed by atoms with Crippen LogP contribution in [0.3, 0.4) is 0 Å². The van der Waals surface area contributed by atoms with Crippen molar-refractivity contribution in [3.63, 3.8) is 0 Å². The predicted molar refractivity (Wildman–Crippen MR) is 357 cm³/mol. The van der Waals surface area contributed by atoms with Gasteiger partial charge in [0, 0.05) is 61.8 Å². The maximum absolute atomic E-state index is 7.62.